The van der Waals surface area contributed by atoms with Crippen LogP contribution >= 0.6 is 0 Å². The molecule has 0 N–H and O–H groups in total. The van der Waals surface area contributed by atoms with Crippen molar-refractivity contribution in [2.24, 2.45) is 32.7 Å². The lowest BCUT2D eigenvalue weighted by atomic mass is 9.81. The Labute approximate surface area is 362 Å². The molecule has 60 heavy (non-hydrogen) atoms. The summed E-state index contributed by atoms with van der Waals surface area (Å²) in [5, 5.41) is 2.61. The standard InChI is InChI=1S/C19H25N.C19H23N.C18H23NO/c2*1-12(2)17-11-14-7-6-13-10-15(19(3,4)5)8-9-16(13)18(14)20-17;1-11(2)15-8-12-10-20-16-9-13(18(3,4)5)6-7-14(16)17(12)19-15/h8-10,12H,6-7,11H2,1-5H3;6-10,12H,11H2,1-5H3;6-7,9,11H,8,10H2,1-5H3. The van der Waals surface area contributed by atoms with E-state index in [1.165, 1.54) is 91.1 Å². The fraction of sp³-hybridized carbons (Fsp3) is 0.482. The van der Waals surface area contributed by atoms with E-state index in [4.69, 9.17) is 19.7 Å². The van der Waals surface area contributed by atoms with Gasteiger partial charge >= 0.3 is 0 Å². The average molecular weight is 802 g/mol. The van der Waals surface area contributed by atoms with E-state index in [1.807, 2.05) is 0 Å². The molecule has 0 bridgehead atoms. The smallest absolute Gasteiger partial charge is 0.129 e. The number of rotatable bonds is 3. The zero-order valence-electron chi connectivity index (χ0n) is 39.6. The Bertz CT molecular complexity index is 2360. The molecule has 4 aliphatic heterocycles. The summed E-state index contributed by atoms with van der Waals surface area (Å²) >= 11 is 0. The van der Waals surface area contributed by atoms with Crippen molar-refractivity contribution in [3.8, 4) is 5.75 Å². The van der Waals surface area contributed by atoms with E-state index in [0.29, 0.717) is 24.4 Å². The van der Waals surface area contributed by atoms with Crippen LogP contribution < -0.4 is 4.74 Å². The summed E-state index contributed by atoms with van der Waals surface area (Å²) in [6, 6.07) is 24.9. The molecule has 4 heteroatoms. The number of benzene rings is 4. The molecule has 0 fully saturated rings. The summed E-state index contributed by atoms with van der Waals surface area (Å²) in [7, 11) is 0. The molecule has 0 radical (unpaired) electrons. The van der Waals surface area contributed by atoms with Gasteiger partial charge in [-0.3, -0.25) is 15.0 Å². The summed E-state index contributed by atoms with van der Waals surface area (Å²) in [4.78, 5) is 14.7. The van der Waals surface area contributed by atoms with Crippen LogP contribution in [0.15, 0.2) is 92.9 Å². The van der Waals surface area contributed by atoms with Gasteiger partial charge in [0.15, 0.2) is 0 Å². The van der Waals surface area contributed by atoms with Crippen molar-refractivity contribution in [3.63, 3.8) is 0 Å². The van der Waals surface area contributed by atoms with Gasteiger partial charge < -0.3 is 4.74 Å². The van der Waals surface area contributed by atoms with Crippen LogP contribution in [-0.4, -0.2) is 23.7 Å². The van der Waals surface area contributed by atoms with Crippen LogP contribution in [0.5, 0.6) is 5.75 Å². The van der Waals surface area contributed by atoms with Gasteiger partial charge in [-0.25, -0.2) is 0 Å². The molecule has 5 aliphatic rings. The van der Waals surface area contributed by atoms with E-state index >= 15 is 0 Å². The normalized spacial score (nSPS) is 16.9. The largest absolute Gasteiger partial charge is 0.488 e. The maximum absolute atomic E-state index is 5.97. The molecule has 0 spiro atoms. The average Bonchev–Trinajstić information content (AvgIpc) is 3.94. The van der Waals surface area contributed by atoms with Crippen molar-refractivity contribution in [1.29, 1.82) is 0 Å². The number of hydrogen-bond acceptors (Lipinski definition) is 4. The lowest BCUT2D eigenvalue weighted by Crippen LogP contribution is -2.14. The molecular formula is C56H71N3O. The highest BCUT2D eigenvalue weighted by Gasteiger charge is 2.29. The van der Waals surface area contributed by atoms with Crippen molar-refractivity contribution < 1.29 is 4.74 Å². The van der Waals surface area contributed by atoms with Gasteiger partial charge in [-0.15, -0.1) is 0 Å². The van der Waals surface area contributed by atoms with Gasteiger partial charge in [-0.1, -0.05) is 158 Å². The molecule has 4 heterocycles. The van der Waals surface area contributed by atoms with Gasteiger partial charge in [-0.05, 0) is 103 Å². The molecular weight excluding hydrogens is 731 g/mol. The molecule has 0 unspecified atom stereocenters. The molecule has 0 saturated heterocycles. The minimum absolute atomic E-state index is 0.148. The van der Waals surface area contributed by atoms with Gasteiger partial charge in [0.2, 0.25) is 0 Å². The maximum atomic E-state index is 5.97. The van der Waals surface area contributed by atoms with Gasteiger partial charge in [-0.2, -0.15) is 0 Å². The predicted molar refractivity (Wildman–Crippen MR) is 260 cm³/mol. The molecule has 4 aromatic carbocycles. The van der Waals surface area contributed by atoms with Crippen molar-refractivity contribution >= 4 is 45.0 Å². The fourth-order valence-corrected chi connectivity index (χ4v) is 8.69. The Morgan fingerprint density at radius 2 is 1.00 bits per heavy atom. The molecule has 0 aromatic heterocycles. The Morgan fingerprint density at radius 1 is 0.483 bits per heavy atom. The van der Waals surface area contributed by atoms with E-state index in [1.54, 1.807) is 5.57 Å². The van der Waals surface area contributed by atoms with Crippen LogP contribution in [0, 0.1) is 17.8 Å². The van der Waals surface area contributed by atoms with E-state index in [0.717, 1.165) is 36.3 Å². The predicted octanol–water partition coefficient (Wildman–Crippen LogP) is 15.2. The number of fused-ring (bicyclic) bond motifs is 7. The van der Waals surface area contributed by atoms with Gasteiger partial charge in [0.25, 0.3) is 0 Å². The highest BCUT2D eigenvalue weighted by molar-refractivity contribution is 6.04. The first-order chi connectivity index (χ1) is 28.1. The summed E-state index contributed by atoms with van der Waals surface area (Å²) in [6.07, 6.45) is 5.47. The van der Waals surface area contributed by atoms with Crippen LogP contribution in [0.25, 0.3) is 22.2 Å². The summed E-state index contributed by atoms with van der Waals surface area (Å²) < 4.78 is 5.97. The van der Waals surface area contributed by atoms with E-state index in [-0.39, 0.29) is 16.2 Å². The first-order valence-corrected chi connectivity index (χ1v) is 22.7. The van der Waals surface area contributed by atoms with Crippen molar-refractivity contribution in [2.75, 3.05) is 6.61 Å². The summed E-state index contributed by atoms with van der Waals surface area (Å²) in [6.45, 7) is 34.4. The van der Waals surface area contributed by atoms with Crippen LogP contribution in [0.2, 0.25) is 0 Å². The second-order valence-corrected chi connectivity index (χ2v) is 21.8. The Kier molecular flexibility index (Phi) is 11.9. The van der Waals surface area contributed by atoms with Crippen molar-refractivity contribution in [3.05, 3.63) is 117 Å². The third-order valence-corrected chi connectivity index (χ3v) is 13.0. The number of allylic oxidation sites excluding steroid dienone is 1. The maximum Gasteiger partial charge on any atom is 0.129 e. The first kappa shape index (κ1) is 43.5. The number of ether oxygens (including phenoxy) is 1. The molecule has 0 atom stereocenters. The SMILES string of the molecule is CC(C)C1=NC2=C(CCc3cc(C(C)(C)C)ccc32)C1.CC(C)C1=NC2=C(COc3cc(C(C)(C)C)ccc32)C1.CC(C)C1=Nc2c(ccc3cc(C(C)(C)C)ccc23)C1. The number of hydrogen-bond donors (Lipinski definition) is 0. The highest BCUT2D eigenvalue weighted by atomic mass is 16.5. The van der Waals surface area contributed by atoms with Crippen LogP contribution in [0.4, 0.5) is 5.69 Å². The van der Waals surface area contributed by atoms with Gasteiger partial charge in [0.05, 0.1) is 17.1 Å². The van der Waals surface area contributed by atoms with Crippen LogP contribution in [0.3, 0.4) is 0 Å². The molecule has 316 valence electrons. The zero-order chi connectivity index (χ0) is 43.5. The third kappa shape index (κ3) is 9.04. The molecule has 4 nitrogen and oxygen atoms in total. The zero-order valence-corrected chi connectivity index (χ0v) is 39.6. The lowest BCUT2D eigenvalue weighted by Gasteiger charge is -2.24. The second kappa shape index (κ2) is 16.4. The van der Waals surface area contributed by atoms with Gasteiger partial charge in [0, 0.05) is 52.9 Å². The minimum Gasteiger partial charge on any atom is -0.488 e. The number of aliphatic imine (C=N–C) groups is 3. The van der Waals surface area contributed by atoms with Crippen molar-refractivity contribution in [1.82, 2.24) is 0 Å². The fourth-order valence-electron chi connectivity index (χ4n) is 8.69. The number of aryl methyl sites for hydroxylation is 1. The Hall–Kier alpha value is -4.57. The van der Waals surface area contributed by atoms with Crippen molar-refractivity contribution in [2.45, 2.75) is 152 Å². The lowest BCUT2D eigenvalue weighted by molar-refractivity contribution is 0.343. The topological polar surface area (TPSA) is 46.3 Å². The molecule has 9 rings (SSSR count). The summed E-state index contributed by atoms with van der Waals surface area (Å²) in [5.41, 5.74) is 20.6. The van der Waals surface area contributed by atoms with E-state index in [9.17, 15) is 0 Å². The Balaban J connectivity index is 0.000000136. The quantitative estimate of drug-likeness (QED) is 0.204. The molecule has 4 aromatic rings. The Morgan fingerprint density at radius 3 is 1.60 bits per heavy atom. The highest BCUT2D eigenvalue weighted by Crippen LogP contribution is 2.43. The van der Waals surface area contributed by atoms with Crippen LogP contribution in [0.1, 0.15) is 162 Å². The van der Waals surface area contributed by atoms with E-state index < -0.39 is 0 Å². The third-order valence-electron chi connectivity index (χ3n) is 13.0. The first-order valence-electron chi connectivity index (χ1n) is 22.7. The van der Waals surface area contributed by atoms with E-state index in [2.05, 4.69) is 171 Å². The van der Waals surface area contributed by atoms with Crippen LogP contribution in [-0.2, 0) is 29.1 Å². The minimum atomic E-state index is 0.148. The second-order valence-electron chi connectivity index (χ2n) is 21.8. The molecule has 0 amide bonds. The number of nitrogens with zero attached hydrogens (tertiary/aromatic N) is 3. The molecule has 1 aliphatic carbocycles. The molecule has 0 saturated carbocycles. The monoisotopic (exact) mass is 802 g/mol. The van der Waals surface area contributed by atoms with Gasteiger partial charge in [0.1, 0.15) is 12.4 Å². The summed E-state index contributed by atoms with van der Waals surface area (Å²) in [5.74, 6) is 2.60.